The van der Waals surface area contributed by atoms with Crippen LogP contribution in [0.3, 0.4) is 0 Å². The molecule has 1 aliphatic carbocycles. The average Bonchev–Trinajstić information content (AvgIpc) is 3.09. The molecule has 0 aromatic heterocycles. The number of halogens is 1. The Morgan fingerprint density at radius 3 is 2.35 bits per heavy atom. The molecule has 2 N–H and O–H groups in total. The molecule has 2 rings (SSSR count). The zero-order valence-electron chi connectivity index (χ0n) is 10.4. The summed E-state index contributed by atoms with van der Waals surface area (Å²) in [5.41, 5.74) is 7.16. The van der Waals surface area contributed by atoms with Crippen LogP contribution in [0, 0.1) is 0 Å². The van der Waals surface area contributed by atoms with Gasteiger partial charge in [-0.25, -0.2) is 0 Å². The molecule has 0 bridgehead atoms. The molecule has 1 fully saturated rings. The van der Waals surface area contributed by atoms with Gasteiger partial charge in [-0.05, 0) is 25.8 Å². The van der Waals surface area contributed by atoms with E-state index in [1.54, 1.807) is 20.3 Å². The second-order valence-electron chi connectivity index (χ2n) is 4.63. The van der Waals surface area contributed by atoms with E-state index in [1.165, 1.54) is 0 Å². The van der Waals surface area contributed by atoms with Crippen molar-refractivity contribution in [2.45, 2.75) is 31.2 Å². The minimum atomic E-state index is 0.00350. The van der Waals surface area contributed by atoms with Crippen molar-refractivity contribution in [1.82, 2.24) is 0 Å². The summed E-state index contributed by atoms with van der Waals surface area (Å²) < 4.78 is 10.7. The Kier molecular flexibility index (Phi) is 3.23. The topological polar surface area (TPSA) is 44.5 Å². The molecule has 94 valence electrons. The van der Waals surface area contributed by atoms with Gasteiger partial charge < -0.3 is 15.2 Å². The lowest BCUT2D eigenvalue weighted by atomic mass is 9.88. The standard InChI is InChI=1S/C13H18ClNO2/c1-8(15)13(4-5-13)10-6-9(16-2)7-11(14)12(10)17-3/h6-8H,4-5,15H2,1-3H3. The highest BCUT2D eigenvalue weighted by molar-refractivity contribution is 6.32. The van der Waals surface area contributed by atoms with Gasteiger partial charge in [-0.2, -0.15) is 0 Å². The molecule has 1 atom stereocenters. The number of nitrogens with two attached hydrogens (primary N) is 1. The van der Waals surface area contributed by atoms with Crippen molar-refractivity contribution in [2.75, 3.05) is 14.2 Å². The second-order valence-corrected chi connectivity index (χ2v) is 5.04. The molecule has 1 saturated carbocycles. The number of hydrogen-bond donors (Lipinski definition) is 1. The summed E-state index contributed by atoms with van der Waals surface area (Å²) >= 11 is 6.21. The molecule has 0 amide bonds. The van der Waals surface area contributed by atoms with Crippen molar-refractivity contribution in [1.29, 1.82) is 0 Å². The third-order valence-electron chi connectivity index (χ3n) is 3.65. The van der Waals surface area contributed by atoms with E-state index in [0.29, 0.717) is 5.02 Å². The summed E-state index contributed by atoms with van der Waals surface area (Å²) in [6.45, 7) is 2.03. The SMILES string of the molecule is COc1cc(Cl)c(OC)c(C2(C(C)N)CC2)c1. The first-order valence-corrected chi connectivity index (χ1v) is 6.10. The molecule has 1 aromatic rings. The predicted octanol–water partition coefficient (Wildman–Crippen LogP) is 2.74. The highest BCUT2D eigenvalue weighted by Crippen LogP contribution is 2.55. The Bertz CT molecular complexity index is 428. The molecular weight excluding hydrogens is 238 g/mol. The zero-order valence-corrected chi connectivity index (χ0v) is 11.2. The van der Waals surface area contributed by atoms with Crippen molar-refractivity contribution in [3.05, 3.63) is 22.7 Å². The van der Waals surface area contributed by atoms with Gasteiger partial charge in [0.25, 0.3) is 0 Å². The fraction of sp³-hybridized carbons (Fsp3) is 0.538. The summed E-state index contributed by atoms with van der Waals surface area (Å²) in [5.74, 6) is 1.47. The normalized spacial score (nSPS) is 18.6. The summed E-state index contributed by atoms with van der Waals surface area (Å²) in [6, 6.07) is 3.84. The van der Waals surface area contributed by atoms with Crippen molar-refractivity contribution in [2.24, 2.45) is 5.73 Å². The Morgan fingerprint density at radius 2 is 1.94 bits per heavy atom. The average molecular weight is 256 g/mol. The van der Waals surface area contributed by atoms with Gasteiger partial charge in [0.15, 0.2) is 0 Å². The predicted molar refractivity (Wildman–Crippen MR) is 69.1 cm³/mol. The third-order valence-corrected chi connectivity index (χ3v) is 3.93. The number of rotatable bonds is 4. The molecule has 3 nitrogen and oxygen atoms in total. The lowest BCUT2D eigenvalue weighted by Gasteiger charge is -2.23. The van der Waals surface area contributed by atoms with Crippen LogP contribution >= 0.6 is 11.6 Å². The maximum absolute atomic E-state index is 6.21. The van der Waals surface area contributed by atoms with E-state index < -0.39 is 0 Å². The summed E-state index contributed by atoms with van der Waals surface area (Å²) in [6.07, 6.45) is 2.15. The minimum absolute atomic E-state index is 0.00350. The number of benzene rings is 1. The molecule has 17 heavy (non-hydrogen) atoms. The largest absolute Gasteiger partial charge is 0.497 e. The van der Waals surface area contributed by atoms with Crippen molar-refractivity contribution < 1.29 is 9.47 Å². The van der Waals surface area contributed by atoms with Crippen LogP contribution < -0.4 is 15.2 Å². The minimum Gasteiger partial charge on any atom is -0.497 e. The van der Waals surface area contributed by atoms with Gasteiger partial charge >= 0.3 is 0 Å². The van der Waals surface area contributed by atoms with Gasteiger partial charge in [0.05, 0.1) is 19.2 Å². The van der Waals surface area contributed by atoms with Crippen molar-refractivity contribution >= 4 is 11.6 Å². The van der Waals surface area contributed by atoms with Crippen LogP contribution in [0.4, 0.5) is 0 Å². The first kappa shape index (κ1) is 12.5. The monoisotopic (exact) mass is 255 g/mol. The first-order valence-electron chi connectivity index (χ1n) is 5.72. The Labute approximate surface area is 107 Å². The molecule has 1 aliphatic rings. The fourth-order valence-corrected chi connectivity index (χ4v) is 2.65. The van der Waals surface area contributed by atoms with Crippen LogP contribution in [-0.2, 0) is 5.41 Å². The van der Waals surface area contributed by atoms with Crippen LogP contribution in [0.2, 0.25) is 5.02 Å². The van der Waals surface area contributed by atoms with Crippen molar-refractivity contribution in [3.63, 3.8) is 0 Å². The smallest absolute Gasteiger partial charge is 0.141 e. The number of ether oxygens (including phenoxy) is 2. The second kappa shape index (κ2) is 4.39. The van der Waals surface area contributed by atoms with Crippen LogP contribution in [-0.4, -0.2) is 20.3 Å². The first-order chi connectivity index (χ1) is 8.05. The molecule has 0 saturated heterocycles. The van der Waals surface area contributed by atoms with Crippen LogP contribution in [0.15, 0.2) is 12.1 Å². The zero-order chi connectivity index (χ0) is 12.6. The number of hydrogen-bond acceptors (Lipinski definition) is 3. The molecule has 0 spiro atoms. The van der Waals surface area contributed by atoms with Gasteiger partial charge in [-0.3, -0.25) is 0 Å². The van der Waals surface area contributed by atoms with Gasteiger partial charge in [-0.15, -0.1) is 0 Å². The molecule has 0 heterocycles. The van der Waals surface area contributed by atoms with E-state index in [2.05, 4.69) is 0 Å². The molecule has 0 radical (unpaired) electrons. The van der Waals surface area contributed by atoms with E-state index in [9.17, 15) is 0 Å². The van der Waals surface area contributed by atoms with Gasteiger partial charge in [0.2, 0.25) is 0 Å². The Balaban J connectivity index is 2.55. The highest BCUT2D eigenvalue weighted by atomic mass is 35.5. The van der Waals surface area contributed by atoms with E-state index in [-0.39, 0.29) is 11.5 Å². The number of methoxy groups -OCH3 is 2. The maximum Gasteiger partial charge on any atom is 0.141 e. The van der Waals surface area contributed by atoms with E-state index >= 15 is 0 Å². The van der Waals surface area contributed by atoms with Crippen LogP contribution in [0.25, 0.3) is 0 Å². The maximum atomic E-state index is 6.21. The molecule has 1 unspecified atom stereocenters. The lowest BCUT2D eigenvalue weighted by molar-refractivity contribution is 0.389. The van der Waals surface area contributed by atoms with E-state index in [4.69, 9.17) is 26.8 Å². The third kappa shape index (κ3) is 1.98. The highest BCUT2D eigenvalue weighted by Gasteiger charge is 2.49. The van der Waals surface area contributed by atoms with Crippen LogP contribution in [0.1, 0.15) is 25.3 Å². The molecule has 1 aromatic carbocycles. The van der Waals surface area contributed by atoms with Gasteiger partial charge in [-0.1, -0.05) is 11.6 Å². The van der Waals surface area contributed by atoms with Gasteiger partial charge in [0.1, 0.15) is 11.5 Å². The molecule has 0 aliphatic heterocycles. The van der Waals surface area contributed by atoms with Crippen LogP contribution in [0.5, 0.6) is 11.5 Å². The molecule has 4 heteroatoms. The molecular formula is C13H18ClNO2. The van der Waals surface area contributed by atoms with E-state index in [0.717, 1.165) is 29.9 Å². The summed E-state index contributed by atoms with van der Waals surface area (Å²) in [5, 5.41) is 0.578. The lowest BCUT2D eigenvalue weighted by Crippen LogP contribution is -2.32. The Hall–Kier alpha value is -0.930. The van der Waals surface area contributed by atoms with E-state index in [1.807, 2.05) is 13.0 Å². The Morgan fingerprint density at radius 1 is 1.29 bits per heavy atom. The van der Waals surface area contributed by atoms with Crippen molar-refractivity contribution in [3.8, 4) is 11.5 Å². The quantitative estimate of drug-likeness (QED) is 0.900. The summed E-state index contributed by atoms with van der Waals surface area (Å²) in [7, 11) is 3.27. The van der Waals surface area contributed by atoms with Gasteiger partial charge in [0, 0.05) is 23.1 Å². The fourth-order valence-electron chi connectivity index (χ4n) is 2.37. The summed E-state index contributed by atoms with van der Waals surface area (Å²) in [4.78, 5) is 0.